The predicted molar refractivity (Wildman–Crippen MR) is 54.4 cm³/mol. The van der Waals surface area contributed by atoms with E-state index in [0.29, 0.717) is 6.20 Å². The first kappa shape index (κ1) is 13.8. The molecule has 3 nitrogen and oxygen atoms in total. The molecule has 0 bridgehead atoms. The number of nitrogens with zero attached hydrogens (tertiary/aromatic N) is 1. The van der Waals surface area contributed by atoms with Crippen molar-refractivity contribution in [2.75, 3.05) is 7.11 Å². The van der Waals surface area contributed by atoms with Gasteiger partial charge in [0.1, 0.15) is 11.5 Å². The number of ether oxygens (including phenoxy) is 1. The molecule has 0 saturated heterocycles. The molecule has 1 aromatic rings. The molecule has 0 aliphatic carbocycles. The van der Waals surface area contributed by atoms with Gasteiger partial charge in [0.15, 0.2) is 0 Å². The van der Waals surface area contributed by atoms with Crippen molar-refractivity contribution in [1.82, 2.24) is 4.98 Å². The third-order valence-electron chi connectivity index (χ3n) is 2.17. The fourth-order valence-corrected chi connectivity index (χ4v) is 1.62. The third kappa shape index (κ3) is 3.09. The van der Waals surface area contributed by atoms with E-state index in [4.69, 9.17) is 11.6 Å². The van der Waals surface area contributed by atoms with E-state index >= 15 is 0 Å². The summed E-state index contributed by atoms with van der Waals surface area (Å²) in [6, 6.07) is 0. The van der Waals surface area contributed by atoms with Crippen LogP contribution in [0.4, 0.5) is 13.2 Å². The summed E-state index contributed by atoms with van der Waals surface area (Å²) in [6.45, 7) is 0. The molecular weight excluding hydrogens is 259 g/mol. The van der Waals surface area contributed by atoms with Crippen LogP contribution in [0.2, 0.25) is 0 Å². The average Bonchev–Trinajstić information content (AvgIpc) is 2.28. The van der Waals surface area contributed by atoms with Crippen molar-refractivity contribution in [3.8, 4) is 0 Å². The molecule has 0 amide bonds. The van der Waals surface area contributed by atoms with Crippen molar-refractivity contribution < 1.29 is 22.7 Å². The predicted octanol–water partition coefficient (Wildman–Crippen LogP) is 2.61. The van der Waals surface area contributed by atoms with Crippen LogP contribution in [0.3, 0.4) is 0 Å². The van der Waals surface area contributed by atoms with Gasteiger partial charge < -0.3 is 4.74 Å². The van der Waals surface area contributed by atoms with Crippen LogP contribution >= 0.6 is 11.6 Å². The molecule has 0 aliphatic heterocycles. The van der Waals surface area contributed by atoms with E-state index in [-0.39, 0.29) is 17.0 Å². The van der Waals surface area contributed by atoms with Gasteiger partial charge in [-0.05, 0) is 5.56 Å². The van der Waals surface area contributed by atoms with Gasteiger partial charge in [-0.3, -0.25) is 9.78 Å². The lowest BCUT2D eigenvalue weighted by Crippen LogP contribution is -2.12. The molecule has 0 radical (unpaired) electrons. The number of esters is 1. The van der Waals surface area contributed by atoms with E-state index in [9.17, 15) is 18.0 Å². The average molecular weight is 268 g/mol. The van der Waals surface area contributed by atoms with Crippen LogP contribution in [0.5, 0.6) is 0 Å². The number of hydrogen-bond donors (Lipinski definition) is 0. The molecule has 1 heterocycles. The SMILES string of the molecule is COC(=O)Cc1c(C(F)F)ncc(F)c1CCl. The molecule has 17 heavy (non-hydrogen) atoms. The quantitative estimate of drug-likeness (QED) is 0.622. The standard InChI is InChI=1S/C10H9ClF3NO2/c1-17-8(16)2-5-6(3-11)7(12)4-15-9(5)10(13)14/h4,10H,2-3H2,1H3. The number of alkyl halides is 3. The van der Waals surface area contributed by atoms with Crippen molar-refractivity contribution in [2.45, 2.75) is 18.7 Å². The molecule has 0 aromatic carbocycles. The van der Waals surface area contributed by atoms with Crippen molar-refractivity contribution in [2.24, 2.45) is 0 Å². The Balaban J connectivity index is 3.28. The van der Waals surface area contributed by atoms with Crippen LogP contribution in [0.25, 0.3) is 0 Å². The molecule has 1 rings (SSSR count). The molecule has 0 fully saturated rings. The zero-order chi connectivity index (χ0) is 13.0. The number of rotatable bonds is 4. The van der Waals surface area contributed by atoms with Gasteiger partial charge in [0.25, 0.3) is 6.43 Å². The molecule has 0 N–H and O–H groups in total. The first-order valence-corrected chi connectivity index (χ1v) is 5.11. The maximum Gasteiger partial charge on any atom is 0.310 e. The van der Waals surface area contributed by atoms with Crippen molar-refractivity contribution in [3.05, 3.63) is 28.8 Å². The lowest BCUT2D eigenvalue weighted by molar-refractivity contribution is -0.139. The highest BCUT2D eigenvalue weighted by molar-refractivity contribution is 6.17. The van der Waals surface area contributed by atoms with E-state index in [0.717, 1.165) is 7.11 Å². The largest absolute Gasteiger partial charge is 0.469 e. The summed E-state index contributed by atoms with van der Waals surface area (Å²) in [5.74, 6) is -1.89. The fraction of sp³-hybridized carbons (Fsp3) is 0.400. The summed E-state index contributed by atoms with van der Waals surface area (Å²) < 4.78 is 43.0. The number of methoxy groups -OCH3 is 1. The molecule has 94 valence electrons. The van der Waals surface area contributed by atoms with Crippen LogP contribution in [-0.2, 0) is 21.8 Å². The molecule has 0 saturated carbocycles. The third-order valence-corrected chi connectivity index (χ3v) is 2.44. The Morgan fingerprint density at radius 3 is 2.65 bits per heavy atom. The molecule has 0 spiro atoms. The van der Waals surface area contributed by atoms with Crippen molar-refractivity contribution in [3.63, 3.8) is 0 Å². The molecule has 0 atom stereocenters. The van der Waals surface area contributed by atoms with Gasteiger partial charge >= 0.3 is 5.97 Å². The second kappa shape index (κ2) is 5.86. The molecule has 0 aliphatic rings. The van der Waals surface area contributed by atoms with E-state index in [2.05, 4.69) is 9.72 Å². The maximum absolute atomic E-state index is 13.3. The Morgan fingerprint density at radius 1 is 1.53 bits per heavy atom. The molecule has 7 heteroatoms. The lowest BCUT2D eigenvalue weighted by atomic mass is 10.0. The number of carbonyl (C=O) groups is 1. The van der Waals surface area contributed by atoms with Gasteiger partial charge in [-0.1, -0.05) is 0 Å². The summed E-state index contributed by atoms with van der Waals surface area (Å²) in [4.78, 5) is 14.4. The number of aromatic nitrogens is 1. The second-order valence-corrected chi connectivity index (χ2v) is 3.40. The van der Waals surface area contributed by atoms with E-state index < -0.39 is 30.3 Å². The normalized spacial score (nSPS) is 10.7. The number of hydrogen-bond acceptors (Lipinski definition) is 3. The zero-order valence-electron chi connectivity index (χ0n) is 8.84. The molecular formula is C10H9ClF3NO2. The van der Waals surface area contributed by atoms with Crippen molar-refractivity contribution in [1.29, 1.82) is 0 Å². The Hall–Kier alpha value is -1.30. The Labute approximate surface area is 101 Å². The van der Waals surface area contributed by atoms with Crippen molar-refractivity contribution >= 4 is 17.6 Å². The van der Waals surface area contributed by atoms with E-state index in [1.165, 1.54) is 0 Å². The minimum atomic E-state index is -2.91. The first-order valence-electron chi connectivity index (χ1n) is 4.58. The topological polar surface area (TPSA) is 39.2 Å². The van der Waals surface area contributed by atoms with Crippen LogP contribution in [-0.4, -0.2) is 18.1 Å². The minimum Gasteiger partial charge on any atom is -0.469 e. The fourth-order valence-electron chi connectivity index (χ4n) is 1.33. The smallest absolute Gasteiger partial charge is 0.310 e. The highest BCUT2D eigenvalue weighted by Crippen LogP contribution is 2.26. The Morgan fingerprint density at radius 2 is 2.18 bits per heavy atom. The molecule has 1 aromatic heterocycles. The number of carbonyl (C=O) groups excluding carboxylic acids is 1. The monoisotopic (exact) mass is 267 g/mol. The van der Waals surface area contributed by atoms with Gasteiger partial charge in [0.05, 0.1) is 25.6 Å². The van der Waals surface area contributed by atoms with Crippen LogP contribution in [0, 0.1) is 5.82 Å². The van der Waals surface area contributed by atoms with E-state index in [1.54, 1.807) is 0 Å². The summed E-state index contributed by atoms with van der Waals surface area (Å²) in [5, 5.41) is 0. The van der Waals surface area contributed by atoms with Gasteiger partial charge in [0, 0.05) is 5.56 Å². The van der Waals surface area contributed by atoms with Gasteiger partial charge in [-0.25, -0.2) is 13.2 Å². The van der Waals surface area contributed by atoms with Crippen LogP contribution < -0.4 is 0 Å². The minimum absolute atomic E-state index is 0.151. The Bertz CT molecular complexity index is 426. The van der Waals surface area contributed by atoms with Gasteiger partial charge in [-0.2, -0.15) is 0 Å². The van der Waals surface area contributed by atoms with E-state index in [1.807, 2.05) is 0 Å². The molecule has 0 unspecified atom stereocenters. The van der Waals surface area contributed by atoms with Gasteiger partial charge in [-0.15, -0.1) is 11.6 Å². The van der Waals surface area contributed by atoms with Crippen LogP contribution in [0.1, 0.15) is 23.2 Å². The lowest BCUT2D eigenvalue weighted by Gasteiger charge is -2.11. The summed E-state index contributed by atoms with van der Waals surface area (Å²) in [6.07, 6.45) is -2.72. The second-order valence-electron chi connectivity index (χ2n) is 3.14. The van der Waals surface area contributed by atoms with Crippen LogP contribution in [0.15, 0.2) is 6.20 Å². The highest BCUT2D eigenvalue weighted by atomic mass is 35.5. The summed E-state index contributed by atoms with van der Waals surface area (Å²) in [5.41, 5.74) is -1.00. The number of halogens is 4. The van der Waals surface area contributed by atoms with Gasteiger partial charge in [0.2, 0.25) is 0 Å². The maximum atomic E-state index is 13.3. The Kier molecular flexibility index (Phi) is 4.74. The first-order chi connectivity index (χ1) is 8.01. The summed E-state index contributed by atoms with van der Waals surface area (Å²) in [7, 11) is 1.11. The summed E-state index contributed by atoms with van der Waals surface area (Å²) >= 11 is 5.48. The highest BCUT2D eigenvalue weighted by Gasteiger charge is 2.22. The number of pyridine rings is 1. The zero-order valence-corrected chi connectivity index (χ0v) is 9.60.